The number of hydrogen-bond donors (Lipinski definition) is 1. The van der Waals surface area contributed by atoms with Gasteiger partial charge in [0.25, 0.3) is 17.7 Å². The van der Waals surface area contributed by atoms with E-state index in [-0.39, 0.29) is 17.5 Å². The molecule has 0 bridgehead atoms. The summed E-state index contributed by atoms with van der Waals surface area (Å²) in [5.74, 6) is -1.67. The molecule has 1 atom stereocenters. The molecular formula is C26H23N3O5. The minimum Gasteiger partial charge on any atom is -0.497 e. The third-order valence-electron chi connectivity index (χ3n) is 5.51. The number of methoxy groups -OCH3 is 1. The number of carbonyl (C=O) groups is 4. The first kappa shape index (κ1) is 22.7. The van der Waals surface area contributed by atoms with E-state index in [1.54, 1.807) is 72.8 Å². The van der Waals surface area contributed by atoms with Crippen molar-refractivity contribution in [3.05, 3.63) is 95.6 Å². The number of ether oxygens (including phenoxy) is 1. The van der Waals surface area contributed by atoms with E-state index in [4.69, 9.17) is 4.74 Å². The fraction of sp³-hybridized carbons (Fsp3) is 0.154. The van der Waals surface area contributed by atoms with Crippen LogP contribution in [0.25, 0.3) is 0 Å². The molecule has 1 saturated heterocycles. The first-order valence-corrected chi connectivity index (χ1v) is 10.7. The number of carbonyl (C=O) groups excluding carboxylic acids is 4. The summed E-state index contributed by atoms with van der Waals surface area (Å²) in [6, 6.07) is 20.4. The van der Waals surface area contributed by atoms with Gasteiger partial charge in [0.1, 0.15) is 11.8 Å². The van der Waals surface area contributed by atoms with Crippen molar-refractivity contribution in [1.82, 2.24) is 10.4 Å². The Kier molecular flexibility index (Phi) is 6.40. The van der Waals surface area contributed by atoms with E-state index < -0.39 is 29.7 Å². The maximum absolute atomic E-state index is 13.4. The molecule has 1 unspecified atom stereocenters. The summed E-state index contributed by atoms with van der Waals surface area (Å²) in [6.07, 6.45) is -0.256. The van der Waals surface area contributed by atoms with Crippen LogP contribution in [0.1, 0.15) is 32.7 Å². The molecule has 1 heterocycles. The lowest BCUT2D eigenvalue weighted by Crippen LogP contribution is -2.54. The number of hydrazine groups is 1. The molecular weight excluding hydrogens is 434 g/mol. The number of anilines is 1. The third kappa shape index (κ3) is 4.52. The zero-order valence-corrected chi connectivity index (χ0v) is 18.7. The van der Waals surface area contributed by atoms with Crippen LogP contribution in [0.15, 0.2) is 78.9 Å². The molecule has 3 aromatic rings. The van der Waals surface area contributed by atoms with Gasteiger partial charge < -0.3 is 4.74 Å². The maximum atomic E-state index is 13.4. The number of rotatable bonds is 5. The molecule has 1 N–H and O–H groups in total. The number of amides is 4. The third-order valence-corrected chi connectivity index (χ3v) is 5.51. The van der Waals surface area contributed by atoms with Crippen LogP contribution in [0.5, 0.6) is 5.75 Å². The fourth-order valence-corrected chi connectivity index (χ4v) is 3.76. The number of aryl methyl sites for hydroxylation is 1. The van der Waals surface area contributed by atoms with Gasteiger partial charge in [-0.25, -0.2) is 9.91 Å². The van der Waals surface area contributed by atoms with Crippen LogP contribution in [0, 0.1) is 6.92 Å². The van der Waals surface area contributed by atoms with Crippen LogP contribution in [-0.4, -0.2) is 41.8 Å². The van der Waals surface area contributed by atoms with E-state index >= 15 is 0 Å². The van der Waals surface area contributed by atoms with Gasteiger partial charge in [-0.05, 0) is 61.0 Å². The Hall–Kier alpha value is -4.46. The Morgan fingerprint density at radius 1 is 0.941 bits per heavy atom. The lowest BCUT2D eigenvalue weighted by atomic mass is 10.1. The van der Waals surface area contributed by atoms with Crippen LogP contribution in [-0.2, 0) is 9.59 Å². The van der Waals surface area contributed by atoms with Crippen molar-refractivity contribution in [3.8, 4) is 5.75 Å². The summed E-state index contributed by atoms with van der Waals surface area (Å²) >= 11 is 0. The summed E-state index contributed by atoms with van der Waals surface area (Å²) in [6.45, 7) is 1.85. The lowest BCUT2D eigenvalue weighted by Gasteiger charge is -2.28. The number of benzene rings is 3. The van der Waals surface area contributed by atoms with Gasteiger partial charge in [0, 0.05) is 11.1 Å². The molecule has 0 spiro atoms. The second-order valence-electron chi connectivity index (χ2n) is 7.84. The average molecular weight is 457 g/mol. The summed E-state index contributed by atoms with van der Waals surface area (Å²) in [7, 11) is 1.51. The molecule has 8 nitrogen and oxygen atoms in total. The molecule has 1 fully saturated rings. The number of nitrogens with one attached hydrogen (secondary N) is 1. The van der Waals surface area contributed by atoms with Gasteiger partial charge in [0.05, 0.1) is 19.2 Å². The van der Waals surface area contributed by atoms with Crippen molar-refractivity contribution in [2.24, 2.45) is 0 Å². The van der Waals surface area contributed by atoms with Gasteiger partial charge in [0.15, 0.2) is 0 Å². The van der Waals surface area contributed by atoms with E-state index in [1.165, 1.54) is 7.11 Å². The highest BCUT2D eigenvalue weighted by molar-refractivity contribution is 6.23. The minimum atomic E-state index is -1.19. The van der Waals surface area contributed by atoms with Gasteiger partial charge in [-0.1, -0.05) is 30.3 Å². The van der Waals surface area contributed by atoms with Crippen molar-refractivity contribution in [2.45, 2.75) is 19.4 Å². The molecule has 0 radical (unpaired) electrons. The molecule has 1 aliphatic heterocycles. The van der Waals surface area contributed by atoms with Crippen molar-refractivity contribution in [1.29, 1.82) is 0 Å². The first-order valence-electron chi connectivity index (χ1n) is 10.7. The second-order valence-corrected chi connectivity index (χ2v) is 7.84. The Balaban J connectivity index is 1.66. The van der Waals surface area contributed by atoms with Crippen molar-refractivity contribution in [3.63, 3.8) is 0 Å². The van der Waals surface area contributed by atoms with E-state index in [1.807, 2.05) is 13.0 Å². The monoisotopic (exact) mass is 457 g/mol. The topological polar surface area (TPSA) is 96.0 Å². The van der Waals surface area contributed by atoms with Gasteiger partial charge in [-0.2, -0.15) is 0 Å². The van der Waals surface area contributed by atoms with E-state index in [0.717, 1.165) is 15.5 Å². The number of hydrogen-bond acceptors (Lipinski definition) is 5. The maximum Gasteiger partial charge on any atom is 0.273 e. The Morgan fingerprint density at radius 3 is 2.29 bits per heavy atom. The largest absolute Gasteiger partial charge is 0.497 e. The standard InChI is InChI=1S/C26H23N3O5/c1-17-7-6-10-20(15-17)28-23(30)16-22(26(28)33)29(25(32)19-8-4-3-5-9-19)27-24(31)18-11-13-21(34-2)14-12-18/h3-15,22H,16H2,1-2H3,(H,27,31). The minimum absolute atomic E-state index is 0.256. The second kappa shape index (κ2) is 9.58. The molecule has 4 amide bonds. The van der Waals surface area contributed by atoms with Gasteiger partial charge in [-0.15, -0.1) is 0 Å². The average Bonchev–Trinajstić information content (AvgIpc) is 3.15. The molecule has 34 heavy (non-hydrogen) atoms. The van der Waals surface area contributed by atoms with Gasteiger partial charge in [-0.3, -0.25) is 24.6 Å². The van der Waals surface area contributed by atoms with Crippen LogP contribution in [0.3, 0.4) is 0 Å². The predicted octanol–water partition coefficient (Wildman–Crippen LogP) is 3.12. The Bertz CT molecular complexity index is 1240. The molecule has 4 rings (SSSR count). The predicted molar refractivity (Wildman–Crippen MR) is 125 cm³/mol. The van der Waals surface area contributed by atoms with Crippen LogP contribution >= 0.6 is 0 Å². The Labute approximate surface area is 196 Å². The number of nitrogens with zero attached hydrogens (tertiary/aromatic N) is 2. The molecule has 0 aromatic heterocycles. The molecule has 8 heteroatoms. The smallest absolute Gasteiger partial charge is 0.273 e. The summed E-state index contributed by atoms with van der Waals surface area (Å²) < 4.78 is 5.11. The van der Waals surface area contributed by atoms with Crippen molar-refractivity contribution in [2.75, 3.05) is 12.0 Å². The van der Waals surface area contributed by atoms with Crippen LogP contribution in [0.4, 0.5) is 5.69 Å². The normalized spacial score (nSPS) is 15.2. The van der Waals surface area contributed by atoms with Crippen LogP contribution in [0.2, 0.25) is 0 Å². The lowest BCUT2D eigenvalue weighted by molar-refractivity contribution is -0.122. The van der Waals surface area contributed by atoms with Gasteiger partial charge >= 0.3 is 0 Å². The molecule has 3 aromatic carbocycles. The first-order chi connectivity index (χ1) is 16.4. The van der Waals surface area contributed by atoms with Crippen LogP contribution < -0.4 is 15.1 Å². The quantitative estimate of drug-likeness (QED) is 0.469. The molecule has 0 aliphatic carbocycles. The summed E-state index contributed by atoms with van der Waals surface area (Å²) in [5, 5.41) is 0.956. The molecule has 1 aliphatic rings. The van der Waals surface area contributed by atoms with E-state index in [0.29, 0.717) is 11.4 Å². The van der Waals surface area contributed by atoms with Gasteiger partial charge in [0.2, 0.25) is 5.91 Å². The molecule has 172 valence electrons. The molecule has 0 saturated carbocycles. The highest BCUT2D eigenvalue weighted by Crippen LogP contribution is 2.27. The fourth-order valence-electron chi connectivity index (χ4n) is 3.76. The Morgan fingerprint density at radius 2 is 1.65 bits per heavy atom. The summed E-state index contributed by atoms with van der Waals surface area (Å²) in [4.78, 5) is 53.6. The van der Waals surface area contributed by atoms with Crippen molar-refractivity contribution < 1.29 is 23.9 Å². The SMILES string of the molecule is COc1ccc(C(=O)NN(C(=O)c2ccccc2)C2CC(=O)N(c3cccc(C)c3)C2=O)cc1. The summed E-state index contributed by atoms with van der Waals surface area (Å²) in [5.41, 5.74) is 4.39. The highest BCUT2D eigenvalue weighted by atomic mass is 16.5. The zero-order valence-electron chi connectivity index (χ0n) is 18.7. The van der Waals surface area contributed by atoms with E-state index in [2.05, 4.69) is 5.43 Å². The van der Waals surface area contributed by atoms with Crippen molar-refractivity contribution >= 4 is 29.3 Å². The highest BCUT2D eigenvalue weighted by Gasteiger charge is 2.45. The zero-order chi connectivity index (χ0) is 24.2. The number of imide groups is 1. The van der Waals surface area contributed by atoms with E-state index in [9.17, 15) is 19.2 Å².